The van der Waals surface area contributed by atoms with E-state index in [9.17, 15) is 4.79 Å². The lowest BCUT2D eigenvalue weighted by molar-refractivity contribution is -0.121. The largest absolute Gasteiger partial charge is 0.352 e. The van der Waals surface area contributed by atoms with Crippen molar-refractivity contribution in [3.05, 3.63) is 89.0 Å². The van der Waals surface area contributed by atoms with Crippen molar-refractivity contribution in [3.8, 4) is 0 Å². The molecule has 0 fully saturated rings. The van der Waals surface area contributed by atoms with Crippen LogP contribution in [0.25, 0.3) is 16.8 Å². The second kappa shape index (κ2) is 7.17. The van der Waals surface area contributed by atoms with Crippen LogP contribution in [-0.2, 0) is 11.3 Å². The van der Waals surface area contributed by atoms with Crippen LogP contribution in [0.5, 0.6) is 0 Å². The van der Waals surface area contributed by atoms with Gasteiger partial charge in [-0.3, -0.25) is 4.79 Å². The SMILES string of the molecule is CCCC(=O)NCc1c(C2C=Cc3ccccc32)ccc2ccccc12. The van der Waals surface area contributed by atoms with Gasteiger partial charge in [0.2, 0.25) is 5.91 Å². The van der Waals surface area contributed by atoms with Crippen LogP contribution in [0.15, 0.2) is 66.7 Å². The van der Waals surface area contributed by atoms with Gasteiger partial charge < -0.3 is 5.32 Å². The number of nitrogens with one attached hydrogen (secondary N) is 1. The number of amides is 1. The summed E-state index contributed by atoms with van der Waals surface area (Å²) in [6.07, 6.45) is 5.92. The molecule has 0 heterocycles. The van der Waals surface area contributed by atoms with Gasteiger partial charge >= 0.3 is 0 Å². The summed E-state index contributed by atoms with van der Waals surface area (Å²) in [6, 6.07) is 21.4. The lowest BCUT2D eigenvalue weighted by atomic mass is 9.87. The van der Waals surface area contributed by atoms with Crippen LogP contribution < -0.4 is 5.32 Å². The highest BCUT2D eigenvalue weighted by Crippen LogP contribution is 2.38. The summed E-state index contributed by atoms with van der Waals surface area (Å²) in [6.45, 7) is 2.60. The third-order valence-corrected chi connectivity index (χ3v) is 5.15. The molecule has 26 heavy (non-hydrogen) atoms. The average Bonchev–Trinajstić information content (AvgIpc) is 3.10. The Morgan fingerprint density at radius 2 is 1.77 bits per heavy atom. The fourth-order valence-electron chi connectivity index (χ4n) is 3.86. The normalized spacial score (nSPS) is 15.2. The van der Waals surface area contributed by atoms with Gasteiger partial charge in [0.15, 0.2) is 0 Å². The molecular formula is C24H23NO. The van der Waals surface area contributed by atoms with Gasteiger partial charge in [-0.15, -0.1) is 0 Å². The molecule has 1 N–H and O–H groups in total. The minimum atomic E-state index is 0.119. The zero-order valence-electron chi connectivity index (χ0n) is 15.0. The molecule has 2 heteroatoms. The summed E-state index contributed by atoms with van der Waals surface area (Å²) in [4.78, 5) is 12.1. The van der Waals surface area contributed by atoms with E-state index in [2.05, 4.69) is 78.1 Å². The third-order valence-electron chi connectivity index (χ3n) is 5.15. The zero-order chi connectivity index (χ0) is 17.9. The minimum Gasteiger partial charge on any atom is -0.352 e. The second-order valence-corrected chi connectivity index (χ2v) is 6.85. The number of carbonyl (C=O) groups is 1. The Hall–Kier alpha value is -2.87. The fourth-order valence-corrected chi connectivity index (χ4v) is 3.86. The molecule has 0 aromatic heterocycles. The van der Waals surface area contributed by atoms with Crippen molar-refractivity contribution in [2.24, 2.45) is 0 Å². The van der Waals surface area contributed by atoms with Gasteiger partial charge in [-0.1, -0.05) is 79.7 Å². The van der Waals surface area contributed by atoms with E-state index < -0.39 is 0 Å². The molecule has 2 nitrogen and oxygen atoms in total. The number of carbonyl (C=O) groups excluding carboxylic acids is 1. The van der Waals surface area contributed by atoms with Crippen LogP contribution >= 0.6 is 0 Å². The molecule has 0 aliphatic heterocycles. The van der Waals surface area contributed by atoms with E-state index in [4.69, 9.17) is 0 Å². The topological polar surface area (TPSA) is 29.1 Å². The summed E-state index contributed by atoms with van der Waals surface area (Å²) >= 11 is 0. The van der Waals surface area contributed by atoms with E-state index in [-0.39, 0.29) is 11.8 Å². The molecule has 0 spiro atoms. The number of benzene rings is 3. The smallest absolute Gasteiger partial charge is 0.220 e. The first-order chi connectivity index (χ1) is 12.8. The van der Waals surface area contributed by atoms with Gasteiger partial charge in [0.1, 0.15) is 0 Å². The Labute approximate surface area is 154 Å². The van der Waals surface area contributed by atoms with Crippen LogP contribution in [0.3, 0.4) is 0 Å². The summed E-state index contributed by atoms with van der Waals surface area (Å²) < 4.78 is 0. The molecule has 130 valence electrons. The first-order valence-electron chi connectivity index (χ1n) is 9.32. The maximum atomic E-state index is 12.1. The number of hydrogen-bond acceptors (Lipinski definition) is 1. The van der Waals surface area contributed by atoms with Gasteiger partial charge in [0.25, 0.3) is 0 Å². The molecule has 0 saturated heterocycles. The quantitative estimate of drug-likeness (QED) is 0.660. The number of fused-ring (bicyclic) bond motifs is 2. The second-order valence-electron chi connectivity index (χ2n) is 6.85. The highest BCUT2D eigenvalue weighted by molar-refractivity contribution is 5.88. The lowest BCUT2D eigenvalue weighted by Gasteiger charge is -2.19. The van der Waals surface area contributed by atoms with Crippen LogP contribution in [0.1, 0.15) is 47.9 Å². The van der Waals surface area contributed by atoms with E-state index in [0.717, 1.165) is 6.42 Å². The molecule has 1 unspecified atom stereocenters. The minimum absolute atomic E-state index is 0.119. The maximum Gasteiger partial charge on any atom is 0.220 e. The highest BCUT2D eigenvalue weighted by atomic mass is 16.1. The van der Waals surface area contributed by atoms with E-state index in [1.165, 1.54) is 33.0 Å². The highest BCUT2D eigenvalue weighted by Gasteiger charge is 2.22. The van der Waals surface area contributed by atoms with Gasteiger partial charge in [-0.05, 0) is 39.4 Å². The maximum absolute atomic E-state index is 12.1. The summed E-state index contributed by atoms with van der Waals surface area (Å²) in [7, 11) is 0. The first kappa shape index (κ1) is 16.6. The Morgan fingerprint density at radius 1 is 0.962 bits per heavy atom. The first-order valence-corrected chi connectivity index (χ1v) is 9.32. The standard InChI is InChI=1S/C24H23NO/c1-2-7-24(26)25-16-23-20-11-6-4-9-18(20)13-15-22(23)21-14-12-17-8-3-5-10-19(17)21/h3-6,8-15,21H,2,7,16H2,1H3,(H,25,26). The van der Waals surface area contributed by atoms with Gasteiger partial charge in [0, 0.05) is 18.9 Å². The Morgan fingerprint density at radius 3 is 2.65 bits per heavy atom. The summed E-state index contributed by atoms with van der Waals surface area (Å²) in [5, 5.41) is 5.55. The molecule has 3 aromatic carbocycles. The number of rotatable bonds is 5. The van der Waals surface area contributed by atoms with Crippen molar-refractivity contribution in [1.29, 1.82) is 0 Å². The molecule has 1 aliphatic rings. The third kappa shape index (κ3) is 3.03. The molecule has 1 amide bonds. The number of allylic oxidation sites excluding steroid dienone is 1. The molecule has 0 saturated carbocycles. The van der Waals surface area contributed by atoms with Gasteiger partial charge in [-0.25, -0.2) is 0 Å². The molecule has 1 aliphatic carbocycles. The van der Waals surface area contributed by atoms with Gasteiger partial charge in [0.05, 0.1) is 0 Å². The number of hydrogen-bond donors (Lipinski definition) is 1. The Bertz CT molecular complexity index is 986. The van der Waals surface area contributed by atoms with Crippen LogP contribution in [-0.4, -0.2) is 5.91 Å². The Balaban J connectivity index is 1.78. The molecule has 4 rings (SSSR count). The van der Waals surface area contributed by atoms with Crippen molar-refractivity contribution in [3.63, 3.8) is 0 Å². The van der Waals surface area contributed by atoms with Crippen molar-refractivity contribution in [2.75, 3.05) is 0 Å². The van der Waals surface area contributed by atoms with E-state index in [0.29, 0.717) is 13.0 Å². The predicted molar refractivity (Wildman–Crippen MR) is 108 cm³/mol. The van der Waals surface area contributed by atoms with E-state index in [1.807, 2.05) is 6.92 Å². The van der Waals surface area contributed by atoms with Crippen molar-refractivity contribution < 1.29 is 4.79 Å². The predicted octanol–water partition coefficient (Wildman–Crippen LogP) is 5.41. The van der Waals surface area contributed by atoms with Crippen LogP contribution in [0.4, 0.5) is 0 Å². The van der Waals surface area contributed by atoms with Crippen molar-refractivity contribution in [2.45, 2.75) is 32.2 Å². The molecule has 1 atom stereocenters. The van der Waals surface area contributed by atoms with Crippen molar-refractivity contribution in [1.82, 2.24) is 5.32 Å². The van der Waals surface area contributed by atoms with Gasteiger partial charge in [-0.2, -0.15) is 0 Å². The molecule has 0 radical (unpaired) electrons. The van der Waals surface area contributed by atoms with E-state index >= 15 is 0 Å². The van der Waals surface area contributed by atoms with Crippen LogP contribution in [0, 0.1) is 0 Å². The summed E-state index contributed by atoms with van der Waals surface area (Å²) in [5.41, 5.74) is 5.12. The van der Waals surface area contributed by atoms with Crippen LogP contribution in [0.2, 0.25) is 0 Å². The Kier molecular flexibility index (Phi) is 4.57. The van der Waals surface area contributed by atoms with Crippen molar-refractivity contribution >= 4 is 22.8 Å². The summed E-state index contributed by atoms with van der Waals surface area (Å²) in [5.74, 6) is 0.364. The molecule has 0 bridgehead atoms. The molecular weight excluding hydrogens is 318 g/mol. The molecule has 3 aromatic rings. The zero-order valence-corrected chi connectivity index (χ0v) is 15.0. The average molecular weight is 341 g/mol. The fraction of sp³-hybridized carbons (Fsp3) is 0.208. The monoisotopic (exact) mass is 341 g/mol. The lowest BCUT2D eigenvalue weighted by Crippen LogP contribution is -2.23. The van der Waals surface area contributed by atoms with E-state index in [1.54, 1.807) is 0 Å².